The van der Waals surface area contributed by atoms with Crippen molar-refractivity contribution in [2.75, 3.05) is 20.2 Å². The van der Waals surface area contributed by atoms with Crippen molar-refractivity contribution in [3.63, 3.8) is 0 Å². The number of nitrogens with zero attached hydrogens (tertiary/aromatic N) is 4. The Hall–Kier alpha value is -4.49. The Morgan fingerprint density at radius 3 is 2.37 bits per heavy atom. The highest BCUT2D eigenvalue weighted by molar-refractivity contribution is 6.09. The van der Waals surface area contributed by atoms with E-state index in [1.54, 1.807) is 60.4 Å². The smallest absolute Gasteiger partial charge is 0.407 e. The summed E-state index contributed by atoms with van der Waals surface area (Å²) in [5.41, 5.74) is 5.71. The second kappa shape index (κ2) is 10.5. The number of nitrogens with two attached hydrogens (primary N) is 1. The molecule has 6 N–H and O–H groups in total. The molecule has 0 aromatic heterocycles. The zero-order valence-electron chi connectivity index (χ0n) is 23.0. The lowest BCUT2D eigenvalue weighted by Crippen LogP contribution is -2.75. The Morgan fingerprint density at radius 1 is 1.15 bits per heavy atom. The number of amides is 1. The molecule has 2 saturated heterocycles. The van der Waals surface area contributed by atoms with Gasteiger partial charge in [0.1, 0.15) is 24.3 Å². The lowest BCUT2D eigenvalue weighted by molar-refractivity contribution is -0.213. The van der Waals surface area contributed by atoms with Gasteiger partial charge in [0, 0.05) is 36.8 Å². The summed E-state index contributed by atoms with van der Waals surface area (Å²) in [5, 5.41) is 29.0. The molecule has 4 atom stereocenters. The summed E-state index contributed by atoms with van der Waals surface area (Å²) in [6.45, 7) is 3.45. The molecule has 2 aromatic rings. The summed E-state index contributed by atoms with van der Waals surface area (Å²) in [7, 11) is 1.51. The van der Waals surface area contributed by atoms with Crippen molar-refractivity contribution in [3.8, 4) is 0 Å². The quantitative estimate of drug-likeness (QED) is 0.303. The SMILES string of the molecule is CN=C1NC2[C@H](COC(=O)NCc3ccc(C(=O)c4ccc(C(C)=O)cc4)cc3)N=C(N)N3CC[C@](C)(O)C23N1O. The van der Waals surface area contributed by atoms with Crippen LogP contribution in [0.25, 0.3) is 0 Å². The summed E-state index contributed by atoms with van der Waals surface area (Å²) in [6.07, 6.45) is -0.359. The maximum atomic E-state index is 12.8. The molecule has 0 radical (unpaired) electrons. The van der Waals surface area contributed by atoms with Crippen LogP contribution in [0, 0.1) is 0 Å². The lowest BCUT2D eigenvalue weighted by atomic mass is 9.80. The van der Waals surface area contributed by atoms with E-state index in [9.17, 15) is 24.7 Å². The molecule has 3 aliphatic rings. The van der Waals surface area contributed by atoms with Gasteiger partial charge < -0.3 is 31.1 Å². The number of guanidine groups is 2. The predicted octanol–water partition coefficient (Wildman–Crippen LogP) is 0.845. The minimum absolute atomic E-state index is 0.0698. The van der Waals surface area contributed by atoms with Crippen LogP contribution in [-0.2, 0) is 11.3 Å². The van der Waals surface area contributed by atoms with Gasteiger partial charge in [-0.3, -0.25) is 19.8 Å². The molecule has 3 heterocycles. The fourth-order valence-corrected chi connectivity index (χ4v) is 5.86. The normalized spacial score (nSPS) is 27.5. The highest BCUT2D eigenvalue weighted by atomic mass is 16.5. The van der Waals surface area contributed by atoms with E-state index in [1.807, 2.05) is 0 Å². The van der Waals surface area contributed by atoms with Crippen LogP contribution >= 0.6 is 0 Å². The molecule has 2 fully saturated rings. The minimum atomic E-state index is -1.38. The maximum absolute atomic E-state index is 12.8. The van der Waals surface area contributed by atoms with E-state index in [4.69, 9.17) is 10.5 Å². The second-order valence-electron chi connectivity index (χ2n) is 10.5. The first-order valence-corrected chi connectivity index (χ1v) is 13.2. The van der Waals surface area contributed by atoms with E-state index >= 15 is 0 Å². The van der Waals surface area contributed by atoms with Gasteiger partial charge in [-0.25, -0.2) is 9.79 Å². The number of aliphatic hydroxyl groups is 1. The van der Waals surface area contributed by atoms with Crippen LogP contribution in [0.2, 0.25) is 0 Å². The molecule has 2 aromatic carbocycles. The number of hydroxylamine groups is 2. The number of hydrogen-bond acceptors (Lipinski definition) is 10. The molecule has 0 aliphatic carbocycles. The number of alkyl carbamates (subject to hydrolysis) is 1. The molecule has 13 heteroatoms. The molecule has 13 nitrogen and oxygen atoms in total. The van der Waals surface area contributed by atoms with Gasteiger partial charge in [0.25, 0.3) is 0 Å². The number of carbonyl (C=O) groups excluding carboxylic acids is 3. The van der Waals surface area contributed by atoms with Gasteiger partial charge in [0.05, 0.1) is 0 Å². The second-order valence-corrected chi connectivity index (χ2v) is 10.5. The van der Waals surface area contributed by atoms with Crippen molar-refractivity contribution >= 4 is 29.6 Å². The number of carbonyl (C=O) groups is 3. The standard InChI is InChI=1S/C28H33N7O6/c1-16(36)18-8-10-20(11-9-18)22(37)19-6-4-17(5-7-19)14-31-26(38)41-15-21-23-28(35(40)25(30-3)33-23)27(2,39)12-13-34(28)24(29)32-21/h4-11,21,23,39-40H,12-15H2,1-3H3,(H2,29,32)(H,30,33)(H,31,38)/t21-,23?,27-,28?/m0/s1. The third kappa shape index (κ3) is 4.66. The van der Waals surface area contributed by atoms with Gasteiger partial charge in [-0.05, 0) is 25.8 Å². The summed E-state index contributed by atoms with van der Waals surface area (Å²) in [6, 6.07) is 11.9. The molecule has 2 unspecified atom stereocenters. The molecule has 0 saturated carbocycles. The number of rotatable bonds is 7. The van der Waals surface area contributed by atoms with Crippen LogP contribution < -0.4 is 16.4 Å². The number of ether oxygens (including phenoxy) is 1. The van der Waals surface area contributed by atoms with Gasteiger partial charge in [-0.15, -0.1) is 0 Å². The Kier molecular flexibility index (Phi) is 7.17. The van der Waals surface area contributed by atoms with Gasteiger partial charge in [-0.2, -0.15) is 5.06 Å². The van der Waals surface area contributed by atoms with Gasteiger partial charge >= 0.3 is 6.09 Å². The third-order valence-electron chi connectivity index (χ3n) is 8.03. The average molecular weight is 564 g/mol. The van der Waals surface area contributed by atoms with Crippen molar-refractivity contribution in [3.05, 3.63) is 70.8 Å². The third-order valence-corrected chi connectivity index (χ3v) is 8.03. The van der Waals surface area contributed by atoms with E-state index in [2.05, 4.69) is 20.6 Å². The highest BCUT2D eigenvalue weighted by Gasteiger charge is 2.72. The van der Waals surface area contributed by atoms with Gasteiger partial charge in [0.15, 0.2) is 23.2 Å². The van der Waals surface area contributed by atoms with E-state index < -0.39 is 29.4 Å². The number of ketones is 2. The predicted molar refractivity (Wildman–Crippen MR) is 149 cm³/mol. The van der Waals surface area contributed by atoms with Crippen LogP contribution in [-0.4, -0.2) is 93.4 Å². The Labute approximate surface area is 236 Å². The van der Waals surface area contributed by atoms with Crippen LogP contribution in [0.3, 0.4) is 0 Å². The largest absolute Gasteiger partial charge is 0.447 e. The van der Waals surface area contributed by atoms with Crippen molar-refractivity contribution in [1.29, 1.82) is 0 Å². The lowest BCUT2D eigenvalue weighted by Gasteiger charge is -2.51. The molecule has 1 amide bonds. The van der Waals surface area contributed by atoms with Crippen molar-refractivity contribution in [2.24, 2.45) is 15.7 Å². The van der Waals surface area contributed by atoms with Crippen molar-refractivity contribution in [1.82, 2.24) is 20.6 Å². The van der Waals surface area contributed by atoms with E-state index in [1.165, 1.54) is 14.0 Å². The zero-order valence-corrected chi connectivity index (χ0v) is 23.0. The molecule has 0 bridgehead atoms. The van der Waals surface area contributed by atoms with Crippen LogP contribution in [0.5, 0.6) is 0 Å². The molecule has 216 valence electrons. The zero-order chi connectivity index (χ0) is 29.5. The van der Waals surface area contributed by atoms with E-state index in [-0.39, 0.29) is 36.6 Å². The number of aliphatic imine (C=N–C) groups is 2. The summed E-state index contributed by atoms with van der Waals surface area (Å²) < 4.78 is 5.45. The molecular formula is C28H33N7O6. The Bertz CT molecular complexity index is 1420. The van der Waals surface area contributed by atoms with Gasteiger partial charge in [0.2, 0.25) is 5.96 Å². The number of benzene rings is 2. The molecule has 41 heavy (non-hydrogen) atoms. The average Bonchev–Trinajstić information content (AvgIpc) is 3.44. The summed E-state index contributed by atoms with van der Waals surface area (Å²) in [4.78, 5) is 47.0. The number of Topliss-reactive ketones (excluding diaryl/α,β-unsaturated/α-hetero) is 1. The first-order chi connectivity index (χ1) is 19.5. The molecule has 5 rings (SSSR count). The topological polar surface area (TPSA) is 182 Å². The van der Waals surface area contributed by atoms with Crippen LogP contribution in [0.1, 0.15) is 52.1 Å². The summed E-state index contributed by atoms with van der Waals surface area (Å²) >= 11 is 0. The fraction of sp³-hybridized carbons (Fsp3) is 0.393. The molecular weight excluding hydrogens is 530 g/mol. The van der Waals surface area contributed by atoms with Crippen LogP contribution in [0.4, 0.5) is 4.79 Å². The van der Waals surface area contributed by atoms with Crippen molar-refractivity contribution < 1.29 is 29.4 Å². The molecule has 3 aliphatic heterocycles. The molecule has 1 spiro atoms. The Balaban J connectivity index is 1.19. The first kappa shape index (κ1) is 28.1. The van der Waals surface area contributed by atoms with Crippen LogP contribution in [0.15, 0.2) is 58.5 Å². The highest BCUT2D eigenvalue weighted by Crippen LogP contribution is 2.48. The first-order valence-electron chi connectivity index (χ1n) is 13.2. The number of hydrogen-bond donors (Lipinski definition) is 5. The van der Waals surface area contributed by atoms with Crippen molar-refractivity contribution in [2.45, 2.75) is 50.2 Å². The fourth-order valence-electron chi connectivity index (χ4n) is 5.86. The van der Waals surface area contributed by atoms with E-state index in [0.29, 0.717) is 29.7 Å². The van der Waals surface area contributed by atoms with E-state index in [0.717, 1.165) is 10.6 Å². The maximum Gasteiger partial charge on any atom is 0.407 e. The monoisotopic (exact) mass is 563 g/mol. The summed E-state index contributed by atoms with van der Waals surface area (Å²) in [5.74, 6) is 0.0222. The number of nitrogens with one attached hydrogen (secondary N) is 2. The minimum Gasteiger partial charge on any atom is -0.447 e. The van der Waals surface area contributed by atoms with Gasteiger partial charge in [-0.1, -0.05) is 48.5 Å². The Morgan fingerprint density at radius 2 is 1.76 bits per heavy atom.